The van der Waals surface area contributed by atoms with E-state index in [1.807, 2.05) is 0 Å². The average Bonchev–Trinajstić information content (AvgIpc) is 3.16. The van der Waals surface area contributed by atoms with Gasteiger partial charge in [-0.25, -0.2) is 0 Å². The minimum atomic E-state index is 0.00683. The number of rotatable bonds is 46. The Hall–Kier alpha value is -1.38. The van der Waals surface area contributed by atoms with Crippen molar-refractivity contribution in [1.82, 2.24) is 0 Å². The average molecular weight is 743 g/mol. The Bertz CT molecular complexity index is 756. The highest BCUT2D eigenvalue weighted by atomic mass is 16.5. The van der Waals surface area contributed by atoms with E-state index in [4.69, 9.17) is 4.74 Å². The van der Waals surface area contributed by atoms with Gasteiger partial charge < -0.3 is 9.53 Å². The highest BCUT2D eigenvalue weighted by molar-refractivity contribution is 5.69. The molecule has 312 valence electrons. The summed E-state index contributed by atoms with van der Waals surface area (Å²) in [5, 5.41) is 0. The molecule has 0 heterocycles. The Kier molecular flexibility index (Phi) is 47.4. The fourth-order valence-electron chi connectivity index (χ4n) is 7.44. The van der Waals surface area contributed by atoms with E-state index in [1.165, 1.54) is 218 Å². The molecular formula is C50H94O3. The first-order valence-corrected chi connectivity index (χ1v) is 24.2. The van der Waals surface area contributed by atoms with Gasteiger partial charge in [-0.3, -0.25) is 4.79 Å². The van der Waals surface area contributed by atoms with Crippen LogP contribution in [-0.2, 0) is 14.3 Å². The van der Waals surface area contributed by atoms with Gasteiger partial charge in [0, 0.05) is 12.8 Å². The quantitative estimate of drug-likeness (QED) is 0.0270. The monoisotopic (exact) mass is 743 g/mol. The lowest BCUT2D eigenvalue weighted by molar-refractivity contribution is -0.143. The summed E-state index contributed by atoms with van der Waals surface area (Å²) in [7, 11) is 0. The number of unbranched alkanes of at least 4 members (excludes halogenated alkanes) is 37. The first-order valence-electron chi connectivity index (χ1n) is 24.2. The van der Waals surface area contributed by atoms with E-state index in [0.29, 0.717) is 13.0 Å². The van der Waals surface area contributed by atoms with E-state index in [9.17, 15) is 9.59 Å². The Morgan fingerprint density at radius 2 is 0.660 bits per heavy atom. The molecule has 0 radical (unpaired) electrons. The minimum absolute atomic E-state index is 0.00683. The molecule has 0 aromatic carbocycles. The Labute approximate surface area is 333 Å². The molecule has 0 unspecified atom stereocenters. The van der Waals surface area contributed by atoms with Gasteiger partial charge >= 0.3 is 5.97 Å². The van der Waals surface area contributed by atoms with Crippen LogP contribution in [0.5, 0.6) is 0 Å². The molecule has 0 spiro atoms. The second kappa shape index (κ2) is 48.6. The third-order valence-electron chi connectivity index (χ3n) is 11.1. The molecule has 0 rings (SSSR count). The van der Waals surface area contributed by atoms with Crippen LogP contribution < -0.4 is 0 Å². The normalized spacial score (nSPS) is 11.7. The standard InChI is InChI=1S/C50H94O3/c1-2-3-4-5-6-7-8-9-10-23-26-29-32-35-38-41-44-47-50(52)53-49-46-43-40-37-34-31-28-25-22-20-18-16-14-12-11-13-15-17-19-21-24-27-30-33-36-39-42-45-48-51/h9-10,26,29,48H,2-8,11-25,27-28,30-47,49H2,1H3. The fraction of sp³-hybridized carbons (Fsp3) is 0.880. The van der Waals surface area contributed by atoms with Gasteiger partial charge in [0.15, 0.2) is 0 Å². The van der Waals surface area contributed by atoms with Crippen LogP contribution in [0.3, 0.4) is 0 Å². The van der Waals surface area contributed by atoms with Gasteiger partial charge in [-0.15, -0.1) is 0 Å². The maximum atomic E-state index is 12.0. The van der Waals surface area contributed by atoms with Crippen molar-refractivity contribution in [2.24, 2.45) is 0 Å². The number of ether oxygens (including phenoxy) is 1. The largest absolute Gasteiger partial charge is 0.466 e. The van der Waals surface area contributed by atoms with Crippen LogP contribution in [0.15, 0.2) is 24.3 Å². The maximum absolute atomic E-state index is 12.0. The van der Waals surface area contributed by atoms with Crippen molar-refractivity contribution in [1.29, 1.82) is 0 Å². The smallest absolute Gasteiger partial charge is 0.305 e. The Morgan fingerprint density at radius 3 is 1.02 bits per heavy atom. The van der Waals surface area contributed by atoms with Crippen LogP contribution in [0.2, 0.25) is 0 Å². The third-order valence-corrected chi connectivity index (χ3v) is 11.1. The van der Waals surface area contributed by atoms with Crippen molar-refractivity contribution in [3.63, 3.8) is 0 Å². The maximum Gasteiger partial charge on any atom is 0.305 e. The summed E-state index contributed by atoms with van der Waals surface area (Å²) in [5.74, 6) is 0.00683. The van der Waals surface area contributed by atoms with E-state index in [-0.39, 0.29) is 5.97 Å². The summed E-state index contributed by atoms with van der Waals surface area (Å²) >= 11 is 0. The zero-order chi connectivity index (χ0) is 38.2. The van der Waals surface area contributed by atoms with Gasteiger partial charge in [-0.2, -0.15) is 0 Å². The molecule has 0 saturated carbocycles. The number of carbonyl (C=O) groups excluding carboxylic acids is 2. The molecule has 0 aliphatic rings. The summed E-state index contributed by atoms with van der Waals surface area (Å²) in [5.41, 5.74) is 0. The second-order valence-corrected chi connectivity index (χ2v) is 16.4. The highest BCUT2D eigenvalue weighted by Gasteiger charge is 2.03. The molecule has 3 heteroatoms. The van der Waals surface area contributed by atoms with Crippen molar-refractivity contribution >= 4 is 12.3 Å². The van der Waals surface area contributed by atoms with E-state index < -0.39 is 0 Å². The predicted octanol–water partition coefficient (Wildman–Crippen LogP) is 17.2. The van der Waals surface area contributed by atoms with Gasteiger partial charge in [0.25, 0.3) is 0 Å². The van der Waals surface area contributed by atoms with E-state index in [1.54, 1.807) is 0 Å². The summed E-state index contributed by atoms with van der Waals surface area (Å²) in [6.45, 7) is 2.89. The zero-order valence-electron chi connectivity index (χ0n) is 36.0. The summed E-state index contributed by atoms with van der Waals surface area (Å²) in [4.78, 5) is 22.3. The van der Waals surface area contributed by atoms with Crippen LogP contribution in [-0.4, -0.2) is 18.9 Å². The van der Waals surface area contributed by atoms with Gasteiger partial charge in [0.2, 0.25) is 0 Å². The molecule has 0 saturated heterocycles. The van der Waals surface area contributed by atoms with Crippen LogP contribution in [0.1, 0.15) is 277 Å². The fourth-order valence-corrected chi connectivity index (χ4v) is 7.44. The van der Waals surface area contributed by atoms with Gasteiger partial charge in [0.1, 0.15) is 6.29 Å². The molecule has 53 heavy (non-hydrogen) atoms. The summed E-state index contributed by atoms with van der Waals surface area (Å²) < 4.78 is 5.47. The molecule has 0 atom stereocenters. The van der Waals surface area contributed by atoms with Crippen LogP contribution in [0.4, 0.5) is 0 Å². The van der Waals surface area contributed by atoms with Gasteiger partial charge in [0.05, 0.1) is 6.61 Å². The van der Waals surface area contributed by atoms with Crippen LogP contribution in [0.25, 0.3) is 0 Å². The zero-order valence-corrected chi connectivity index (χ0v) is 36.0. The summed E-state index contributed by atoms with van der Waals surface area (Å²) in [6.07, 6.45) is 65.0. The molecule has 0 aliphatic heterocycles. The van der Waals surface area contributed by atoms with Crippen LogP contribution >= 0.6 is 0 Å². The molecular weight excluding hydrogens is 649 g/mol. The molecule has 0 bridgehead atoms. The SMILES string of the molecule is CCCCCCCCC=CCC=CCCCCCCC(=O)OCCCCCCCCCCCCCCCCCCCCCCCCCCCCCC=O. The lowest BCUT2D eigenvalue weighted by atomic mass is 10.0. The first kappa shape index (κ1) is 51.6. The van der Waals surface area contributed by atoms with E-state index in [2.05, 4.69) is 31.2 Å². The molecule has 3 nitrogen and oxygen atoms in total. The van der Waals surface area contributed by atoms with Crippen molar-refractivity contribution in [2.45, 2.75) is 277 Å². The molecule has 0 aromatic rings. The number of hydrogen-bond acceptors (Lipinski definition) is 3. The number of esters is 1. The molecule has 0 aromatic heterocycles. The number of hydrogen-bond donors (Lipinski definition) is 0. The number of allylic oxidation sites excluding steroid dienone is 4. The van der Waals surface area contributed by atoms with Gasteiger partial charge in [-0.05, 0) is 51.4 Å². The van der Waals surface area contributed by atoms with Crippen molar-refractivity contribution in [3.05, 3.63) is 24.3 Å². The number of aldehydes is 1. The van der Waals surface area contributed by atoms with Crippen molar-refractivity contribution in [3.8, 4) is 0 Å². The van der Waals surface area contributed by atoms with Crippen molar-refractivity contribution < 1.29 is 14.3 Å². The predicted molar refractivity (Wildman–Crippen MR) is 235 cm³/mol. The molecule has 0 fully saturated rings. The lowest BCUT2D eigenvalue weighted by Gasteiger charge is -2.05. The first-order chi connectivity index (χ1) is 26.3. The molecule has 0 amide bonds. The summed E-state index contributed by atoms with van der Waals surface area (Å²) in [6, 6.07) is 0. The third kappa shape index (κ3) is 48.6. The highest BCUT2D eigenvalue weighted by Crippen LogP contribution is 2.17. The Balaban J connectivity index is 3.19. The van der Waals surface area contributed by atoms with E-state index in [0.717, 1.165) is 51.2 Å². The van der Waals surface area contributed by atoms with E-state index >= 15 is 0 Å². The minimum Gasteiger partial charge on any atom is -0.466 e. The second-order valence-electron chi connectivity index (χ2n) is 16.4. The van der Waals surface area contributed by atoms with Gasteiger partial charge in [-0.1, -0.05) is 237 Å². The molecule has 0 aliphatic carbocycles. The lowest BCUT2D eigenvalue weighted by Crippen LogP contribution is -2.05. The number of carbonyl (C=O) groups is 2. The van der Waals surface area contributed by atoms with Crippen LogP contribution in [0, 0.1) is 0 Å². The topological polar surface area (TPSA) is 43.4 Å². The Morgan fingerprint density at radius 1 is 0.358 bits per heavy atom. The molecule has 0 N–H and O–H groups in total. The van der Waals surface area contributed by atoms with Crippen molar-refractivity contribution in [2.75, 3.05) is 6.61 Å².